The van der Waals surface area contributed by atoms with Crippen LogP contribution >= 0.6 is 23.7 Å². The van der Waals surface area contributed by atoms with Crippen molar-refractivity contribution in [1.82, 2.24) is 14.9 Å². The average molecular weight is 359 g/mol. The number of H-pyrrole nitrogens is 1. The molecule has 0 aliphatic heterocycles. The third-order valence-electron chi connectivity index (χ3n) is 4.06. The molecule has 0 saturated carbocycles. The van der Waals surface area contributed by atoms with Gasteiger partial charge < -0.3 is 15.6 Å². The van der Waals surface area contributed by atoms with Crippen LogP contribution in [0.15, 0.2) is 4.79 Å². The summed E-state index contributed by atoms with van der Waals surface area (Å²) in [5.74, 6) is 0.556. The van der Waals surface area contributed by atoms with Crippen molar-refractivity contribution in [2.24, 2.45) is 5.73 Å². The molecule has 0 saturated heterocycles. The molecule has 0 fully saturated rings. The Hall–Kier alpha value is -1.44. The van der Waals surface area contributed by atoms with E-state index in [2.05, 4.69) is 9.97 Å². The minimum absolute atomic E-state index is 0. The van der Waals surface area contributed by atoms with Gasteiger partial charge in [-0.3, -0.25) is 9.59 Å². The predicted octanol–water partition coefficient (Wildman–Crippen LogP) is 1.76. The van der Waals surface area contributed by atoms with Gasteiger partial charge in [0.1, 0.15) is 10.7 Å². The van der Waals surface area contributed by atoms with Crippen LogP contribution in [0.3, 0.4) is 0 Å². The molecule has 0 aliphatic carbocycles. The molecule has 128 valence electrons. The second kappa shape index (κ2) is 7.90. The molecule has 0 aliphatic rings. The first kappa shape index (κ1) is 19.6. The highest BCUT2D eigenvalue weighted by Crippen LogP contribution is 2.25. The quantitative estimate of drug-likeness (QED) is 0.851. The van der Waals surface area contributed by atoms with Gasteiger partial charge in [-0.15, -0.1) is 23.7 Å². The SMILES string of the molecule is Cc1sc2nc(CCC(=O)N(C)C(C)CN)[nH]c(=O)c2c1C.Cl. The van der Waals surface area contributed by atoms with Crippen LogP contribution in [0.4, 0.5) is 0 Å². The summed E-state index contributed by atoms with van der Waals surface area (Å²) < 4.78 is 0. The van der Waals surface area contributed by atoms with Gasteiger partial charge in [0.2, 0.25) is 5.91 Å². The van der Waals surface area contributed by atoms with E-state index < -0.39 is 0 Å². The van der Waals surface area contributed by atoms with Crippen molar-refractivity contribution in [3.05, 3.63) is 26.6 Å². The summed E-state index contributed by atoms with van der Waals surface area (Å²) in [6, 6.07) is 0.00424. The number of nitrogens with one attached hydrogen (secondary N) is 1. The lowest BCUT2D eigenvalue weighted by Crippen LogP contribution is -2.39. The molecule has 23 heavy (non-hydrogen) atoms. The summed E-state index contributed by atoms with van der Waals surface area (Å²) in [5, 5.41) is 0.659. The van der Waals surface area contributed by atoms with Crippen LogP contribution in [0.5, 0.6) is 0 Å². The minimum atomic E-state index is -0.127. The highest BCUT2D eigenvalue weighted by atomic mass is 35.5. The van der Waals surface area contributed by atoms with Crippen LogP contribution in [-0.2, 0) is 11.2 Å². The average Bonchev–Trinajstić information content (AvgIpc) is 2.78. The zero-order chi connectivity index (χ0) is 16.4. The number of likely N-dealkylation sites (N-methyl/N-ethyl adjacent to an activating group) is 1. The molecule has 2 rings (SSSR count). The lowest BCUT2D eigenvalue weighted by molar-refractivity contribution is -0.131. The summed E-state index contributed by atoms with van der Waals surface area (Å²) in [5.41, 5.74) is 6.42. The van der Waals surface area contributed by atoms with Crippen molar-refractivity contribution in [3.63, 3.8) is 0 Å². The Morgan fingerprint density at radius 2 is 2.09 bits per heavy atom. The molecule has 3 N–H and O–H groups in total. The molecule has 1 atom stereocenters. The van der Waals surface area contributed by atoms with Crippen molar-refractivity contribution in [2.45, 2.75) is 39.7 Å². The summed E-state index contributed by atoms with van der Waals surface area (Å²) in [4.78, 5) is 35.0. The van der Waals surface area contributed by atoms with Gasteiger partial charge in [0.25, 0.3) is 5.56 Å². The van der Waals surface area contributed by atoms with Gasteiger partial charge in [0.05, 0.1) is 5.39 Å². The molecule has 0 bridgehead atoms. The topological polar surface area (TPSA) is 92.1 Å². The fourth-order valence-corrected chi connectivity index (χ4v) is 3.27. The van der Waals surface area contributed by atoms with Gasteiger partial charge in [-0.1, -0.05) is 0 Å². The molecule has 1 amide bonds. The number of nitrogens with two attached hydrogens (primary N) is 1. The van der Waals surface area contributed by atoms with E-state index in [0.717, 1.165) is 15.3 Å². The second-order valence-electron chi connectivity index (χ2n) is 5.57. The monoisotopic (exact) mass is 358 g/mol. The predicted molar refractivity (Wildman–Crippen MR) is 96.6 cm³/mol. The molecule has 6 nitrogen and oxygen atoms in total. The first-order chi connectivity index (χ1) is 10.3. The number of aromatic amines is 1. The molecule has 2 aromatic rings. The molecule has 0 spiro atoms. The fourth-order valence-electron chi connectivity index (χ4n) is 2.22. The van der Waals surface area contributed by atoms with Crippen LogP contribution in [0.2, 0.25) is 0 Å². The van der Waals surface area contributed by atoms with Crippen molar-refractivity contribution in [1.29, 1.82) is 0 Å². The van der Waals surface area contributed by atoms with Crippen molar-refractivity contribution in [3.8, 4) is 0 Å². The van der Waals surface area contributed by atoms with Crippen LogP contribution in [0, 0.1) is 13.8 Å². The van der Waals surface area contributed by atoms with E-state index in [1.807, 2.05) is 20.8 Å². The smallest absolute Gasteiger partial charge is 0.259 e. The standard InChI is InChI=1S/C15H22N4O2S.ClH/c1-8(7-16)19(4)12(20)6-5-11-17-14(21)13-9(2)10(3)22-15(13)18-11;/h8H,5-7,16H2,1-4H3,(H,17,18,21);1H. The van der Waals surface area contributed by atoms with Crippen molar-refractivity contribution in [2.75, 3.05) is 13.6 Å². The number of aryl methyl sites for hydroxylation is 3. The third kappa shape index (κ3) is 4.10. The van der Waals surface area contributed by atoms with E-state index in [4.69, 9.17) is 5.73 Å². The van der Waals surface area contributed by atoms with Gasteiger partial charge >= 0.3 is 0 Å². The van der Waals surface area contributed by atoms with Gasteiger partial charge in [-0.2, -0.15) is 0 Å². The molecular formula is C15H23ClN4O2S. The Kier molecular flexibility index (Phi) is 6.73. The van der Waals surface area contributed by atoms with Crippen molar-refractivity contribution >= 4 is 39.9 Å². The zero-order valence-corrected chi connectivity index (χ0v) is 15.4. The van der Waals surface area contributed by atoms with E-state index in [0.29, 0.717) is 30.6 Å². The normalized spacial score (nSPS) is 12.0. The molecule has 0 aromatic carbocycles. The Morgan fingerprint density at radius 1 is 1.43 bits per heavy atom. The summed E-state index contributed by atoms with van der Waals surface area (Å²) in [6.07, 6.45) is 0.722. The molecule has 2 aromatic heterocycles. The highest BCUT2D eigenvalue weighted by Gasteiger charge is 2.16. The number of amides is 1. The number of hydrogen-bond donors (Lipinski definition) is 2. The number of rotatable bonds is 5. The van der Waals surface area contributed by atoms with Crippen LogP contribution in [0.1, 0.15) is 29.6 Å². The maximum absolute atomic E-state index is 12.2. The number of hydrogen-bond acceptors (Lipinski definition) is 5. The Labute approximate surface area is 145 Å². The Bertz CT molecular complexity index is 756. The third-order valence-corrected chi connectivity index (χ3v) is 5.16. The maximum Gasteiger partial charge on any atom is 0.259 e. The van der Waals surface area contributed by atoms with Crippen LogP contribution in [0.25, 0.3) is 10.2 Å². The molecule has 0 radical (unpaired) electrons. The number of halogens is 1. The van der Waals surface area contributed by atoms with Crippen LogP contribution in [-0.4, -0.2) is 40.4 Å². The van der Waals surface area contributed by atoms with E-state index in [9.17, 15) is 9.59 Å². The summed E-state index contributed by atoms with van der Waals surface area (Å²) in [7, 11) is 1.74. The number of carbonyl (C=O) groups excluding carboxylic acids is 1. The van der Waals surface area contributed by atoms with Gasteiger partial charge in [0.15, 0.2) is 0 Å². The maximum atomic E-state index is 12.2. The number of carbonyl (C=O) groups is 1. The number of aromatic nitrogens is 2. The molecular weight excluding hydrogens is 336 g/mol. The molecule has 8 heteroatoms. The number of thiophene rings is 1. The summed E-state index contributed by atoms with van der Waals surface area (Å²) in [6.45, 7) is 6.24. The van der Waals surface area contributed by atoms with E-state index in [1.165, 1.54) is 11.3 Å². The van der Waals surface area contributed by atoms with Crippen molar-refractivity contribution < 1.29 is 4.79 Å². The van der Waals surface area contributed by atoms with Gasteiger partial charge in [-0.05, 0) is 26.3 Å². The largest absolute Gasteiger partial charge is 0.342 e. The van der Waals surface area contributed by atoms with E-state index in [1.54, 1.807) is 11.9 Å². The summed E-state index contributed by atoms with van der Waals surface area (Å²) >= 11 is 1.51. The fraction of sp³-hybridized carbons (Fsp3) is 0.533. The van der Waals surface area contributed by atoms with E-state index in [-0.39, 0.29) is 29.9 Å². The molecule has 1 unspecified atom stereocenters. The number of nitrogens with zero attached hydrogens (tertiary/aromatic N) is 2. The minimum Gasteiger partial charge on any atom is -0.342 e. The first-order valence-electron chi connectivity index (χ1n) is 7.29. The van der Waals surface area contributed by atoms with Crippen LogP contribution < -0.4 is 11.3 Å². The van der Waals surface area contributed by atoms with Gasteiger partial charge in [-0.25, -0.2) is 4.98 Å². The lowest BCUT2D eigenvalue weighted by atomic mass is 10.2. The number of fused-ring (bicyclic) bond motifs is 1. The molecule has 2 heterocycles. The Morgan fingerprint density at radius 3 is 2.70 bits per heavy atom. The zero-order valence-electron chi connectivity index (χ0n) is 13.8. The van der Waals surface area contributed by atoms with E-state index >= 15 is 0 Å². The first-order valence-corrected chi connectivity index (χ1v) is 8.11. The Balaban J connectivity index is 0.00000264. The van der Waals surface area contributed by atoms with Gasteiger partial charge in [0, 0.05) is 37.4 Å². The lowest BCUT2D eigenvalue weighted by Gasteiger charge is -2.23. The second-order valence-corrected chi connectivity index (χ2v) is 6.77. The highest BCUT2D eigenvalue weighted by molar-refractivity contribution is 7.18.